The minimum atomic E-state index is -0.410. The summed E-state index contributed by atoms with van der Waals surface area (Å²) in [6.45, 7) is 0. The van der Waals surface area contributed by atoms with Crippen LogP contribution < -0.4 is 11.1 Å². The highest BCUT2D eigenvalue weighted by molar-refractivity contribution is 5.54. The second kappa shape index (κ2) is 4.92. The summed E-state index contributed by atoms with van der Waals surface area (Å²) in [5, 5.41) is 6.76. The van der Waals surface area contributed by atoms with E-state index in [9.17, 15) is 4.39 Å². The molecule has 8 heteroatoms. The monoisotopic (exact) mass is 271 g/mol. The fourth-order valence-electron chi connectivity index (χ4n) is 1.61. The molecule has 0 unspecified atom stereocenters. The number of nitrogens with two attached hydrogens (primary N) is 1. The van der Waals surface area contributed by atoms with Crippen LogP contribution in [0.1, 0.15) is 0 Å². The van der Waals surface area contributed by atoms with Crippen molar-refractivity contribution in [2.45, 2.75) is 0 Å². The van der Waals surface area contributed by atoms with Gasteiger partial charge in [0.25, 0.3) is 5.95 Å². The summed E-state index contributed by atoms with van der Waals surface area (Å²) in [4.78, 5) is 12.0. The van der Waals surface area contributed by atoms with Crippen LogP contribution in [0.25, 0.3) is 5.95 Å². The standard InChI is InChI=1S/C12H10FN7/c13-8-4-1-2-5-9(8)16-11-17-10(14)18-12(19-11)20-7-3-6-15-20/h1-7H,(H3,14,16,17,18,19). The number of hydrogen-bond acceptors (Lipinski definition) is 6. The molecule has 0 saturated heterocycles. The van der Waals surface area contributed by atoms with Crippen LogP contribution in [0.2, 0.25) is 0 Å². The van der Waals surface area contributed by atoms with Gasteiger partial charge < -0.3 is 11.1 Å². The molecule has 100 valence electrons. The number of anilines is 3. The van der Waals surface area contributed by atoms with E-state index < -0.39 is 5.82 Å². The van der Waals surface area contributed by atoms with Gasteiger partial charge >= 0.3 is 0 Å². The topological polar surface area (TPSA) is 94.5 Å². The fraction of sp³-hybridized carbons (Fsp3) is 0. The number of benzene rings is 1. The van der Waals surface area contributed by atoms with E-state index in [2.05, 4.69) is 25.4 Å². The van der Waals surface area contributed by atoms with Crippen molar-refractivity contribution < 1.29 is 4.39 Å². The predicted octanol–water partition coefficient (Wildman–Crippen LogP) is 1.52. The lowest BCUT2D eigenvalue weighted by molar-refractivity contribution is 0.631. The average Bonchev–Trinajstić information content (AvgIpc) is 2.95. The van der Waals surface area contributed by atoms with Crippen molar-refractivity contribution in [2.75, 3.05) is 11.1 Å². The molecule has 2 heterocycles. The number of nitrogens with zero attached hydrogens (tertiary/aromatic N) is 5. The highest BCUT2D eigenvalue weighted by Crippen LogP contribution is 2.17. The lowest BCUT2D eigenvalue weighted by atomic mass is 10.3. The summed E-state index contributed by atoms with van der Waals surface area (Å²) in [6, 6.07) is 7.93. The maximum Gasteiger partial charge on any atom is 0.257 e. The summed E-state index contributed by atoms with van der Waals surface area (Å²) in [5.41, 5.74) is 5.87. The van der Waals surface area contributed by atoms with Crippen LogP contribution in [-0.4, -0.2) is 24.7 Å². The predicted molar refractivity (Wildman–Crippen MR) is 71.0 cm³/mol. The highest BCUT2D eigenvalue weighted by Gasteiger charge is 2.08. The lowest BCUT2D eigenvalue weighted by Crippen LogP contribution is -2.09. The number of nitrogens with one attached hydrogen (secondary N) is 1. The Kier molecular flexibility index (Phi) is 2.96. The quantitative estimate of drug-likeness (QED) is 0.750. The first-order valence-corrected chi connectivity index (χ1v) is 5.75. The normalized spacial score (nSPS) is 10.4. The maximum absolute atomic E-state index is 13.6. The van der Waals surface area contributed by atoms with Gasteiger partial charge in [0.1, 0.15) is 5.82 Å². The van der Waals surface area contributed by atoms with Crippen LogP contribution in [0.3, 0.4) is 0 Å². The van der Waals surface area contributed by atoms with Crippen molar-refractivity contribution in [3.05, 3.63) is 48.5 Å². The fourth-order valence-corrected chi connectivity index (χ4v) is 1.61. The van der Waals surface area contributed by atoms with Gasteiger partial charge in [-0.3, -0.25) is 0 Å². The molecule has 0 aliphatic heterocycles. The number of halogens is 1. The third kappa shape index (κ3) is 2.39. The molecular weight excluding hydrogens is 261 g/mol. The van der Waals surface area contributed by atoms with Gasteiger partial charge in [-0.25, -0.2) is 9.07 Å². The molecular formula is C12H10FN7. The van der Waals surface area contributed by atoms with Crippen molar-refractivity contribution in [1.82, 2.24) is 24.7 Å². The van der Waals surface area contributed by atoms with Crippen molar-refractivity contribution in [2.24, 2.45) is 0 Å². The van der Waals surface area contributed by atoms with Gasteiger partial charge in [0.05, 0.1) is 5.69 Å². The van der Waals surface area contributed by atoms with Gasteiger partial charge in [-0.05, 0) is 18.2 Å². The molecule has 2 aromatic heterocycles. The van der Waals surface area contributed by atoms with Crippen LogP contribution in [0.4, 0.5) is 22.0 Å². The molecule has 3 aromatic rings. The van der Waals surface area contributed by atoms with E-state index in [-0.39, 0.29) is 23.5 Å². The molecule has 0 aliphatic rings. The largest absolute Gasteiger partial charge is 0.368 e. The summed E-state index contributed by atoms with van der Waals surface area (Å²) < 4.78 is 15.0. The zero-order valence-corrected chi connectivity index (χ0v) is 10.2. The van der Waals surface area contributed by atoms with Gasteiger partial charge in [0.15, 0.2) is 0 Å². The van der Waals surface area contributed by atoms with Gasteiger partial charge in [0, 0.05) is 12.4 Å². The minimum absolute atomic E-state index is 0.0179. The molecule has 0 fully saturated rings. The van der Waals surface area contributed by atoms with Gasteiger partial charge in [-0.2, -0.15) is 20.1 Å². The van der Waals surface area contributed by atoms with Crippen LogP contribution in [0.15, 0.2) is 42.7 Å². The van der Waals surface area contributed by atoms with Crippen molar-refractivity contribution in [3.8, 4) is 5.95 Å². The van der Waals surface area contributed by atoms with E-state index in [0.717, 1.165) is 0 Å². The van der Waals surface area contributed by atoms with E-state index >= 15 is 0 Å². The number of nitrogen functional groups attached to an aromatic ring is 1. The SMILES string of the molecule is Nc1nc(Nc2ccccc2F)nc(-n2cccn2)n1. The van der Waals surface area contributed by atoms with Crippen LogP contribution in [0, 0.1) is 5.82 Å². The summed E-state index contributed by atoms with van der Waals surface area (Å²) in [7, 11) is 0. The molecule has 1 aromatic carbocycles. The molecule has 20 heavy (non-hydrogen) atoms. The molecule has 3 N–H and O–H groups in total. The second-order valence-electron chi connectivity index (χ2n) is 3.87. The molecule has 0 aliphatic carbocycles. The molecule has 7 nitrogen and oxygen atoms in total. The first-order valence-electron chi connectivity index (χ1n) is 5.75. The first-order chi connectivity index (χ1) is 9.72. The number of rotatable bonds is 3. The summed E-state index contributed by atoms with van der Waals surface area (Å²) in [5.74, 6) is 0.00546. The highest BCUT2D eigenvalue weighted by atomic mass is 19.1. The Morgan fingerprint density at radius 2 is 1.95 bits per heavy atom. The van der Waals surface area contributed by atoms with E-state index in [1.165, 1.54) is 10.7 Å². The molecule has 0 amide bonds. The smallest absolute Gasteiger partial charge is 0.257 e. The number of para-hydroxylation sites is 1. The third-order valence-corrected chi connectivity index (χ3v) is 2.47. The molecule has 3 rings (SSSR count). The third-order valence-electron chi connectivity index (χ3n) is 2.47. The van der Waals surface area contributed by atoms with E-state index in [4.69, 9.17) is 5.73 Å². The van der Waals surface area contributed by atoms with E-state index in [1.807, 2.05) is 0 Å². The average molecular weight is 271 g/mol. The maximum atomic E-state index is 13.6. The zero-order chi connectivity index (χ0) is 13.9. The molecule has 0 saturated carbocycles. The molecule has 0 radical (unpaired) electrons. The van der Waals surface area contributed by atoms with Gasteiger partial charge in [-0.15, -0.1) is 0 Å². The minimum Gasteiger partial charge on any atom is -0.368 e. The Morgan fingerprint density at radius 3 is 2.70 bits per heavy atom. The second-order valence-corrected chi connectivity index (χ2v) is 3.87. The van der Waals surface area contributed by atoms with Crippen molar-refractivity contribution in [1.29, 1.82) is 0 Å². The van der Waals surface area contributed by atoms with Crippen LogP contribution in [0.5, 0.6) is 0 Å². The Hall–Kier alpha value is -3.03. The number of aromatic nitrogens is 5. The van der Waals surface area contributed by atoms with Crippen molar-refractivity contribution >= 4 is 17.6 Å². The summed E-state index contributed by atoms with van der Waals surface area (Å²) in [6.07, 6.45) is 3.26. The molecule has 0 bridgehead atoms. The van der Waals surface area contributed by atoms with E-state index in [0.29, 0.717) is 0 Å². The molecule has 0 spiro atoms. The van der Waals surface area contributed by atoms with Crippen molar-refractivity contribution in [3.63, 3.8) is 0 Å². The summed E-state index contributed by atoms with van der Waals surface area (Å²) >= 11 is 0. The van der Waals surface area contributed by atoms with Gasteiger partial charge in [0.2, 0.25) is 11.9 Å². The number of hydrogen-bond donors (Lipinski definition) is 2. The van der Waals surface area contributed by atoms with E-state index in [1.54, 1.807) is 36.7 Å². The first kappa shape index (κ1) is 12.0. The Balaban J connectivity index is 1.97. The molecule has 0 atom stereocenters. The Labute approximate surface area is 113 Å². The van der Waals surface area contributed by atoms with Gasteiger partial charge in [-0.1, -0.05) is 12.1 Å². The van der Waals surface area contributed by atoms with Crippen LogP contribution >= 0.6 is 0 Å². The Bertz CT molecular complexity index is 726. The van der Waals surface area contributed by atoms with Crippen LogP contribution in [-0.2, 0) is 0 Å². The Morgan fingerprint density at radius 1 is 1.10 bits per heavy atom. The lowest BCUT2D eigenvalue weighted by Gasteiger charge is -2.07. The zero-order valence-electron chi connectivity index (χ0n) is 10.2.